The molecule has 0 spiro atoms. The second-order valence-electron chi connectivity index (χ2n) is 4.16. The molecule has 1 amide bonds. The Kier molecular flexibility index (Phi) is 2.73. The Bertz CT molecular complexity index is 350. The number of nitrogens with zero attached hydrogens (tertiary/aromatic N) is 1. The van der Waals surface area contributed by atoms with E-state index in [-0.39, 0.29) is 11.9 Å². The smallest absolute Gasteiger partial charge is 0.234 e. The third kappa shape index (κ3) is 2.02. The highest BCUT2D eigenvalue weighted by atomic mass is 16.1. The Morgan fingerprint density at radius 2 is 2.13 bits per heavy atom. The highest BCUT2D eigenvalue weighted by Gasteiger charge is 2.38. The van der Waals surface area contributed by atoms with Crippen LogP contribution in [-0.2, 0) is 11.3 Å². The highest BCUT2D eigenvalue weighted by molar-refractivity contribution is 5.81. The van der Waals surface area contributed by atoms with Gasteiger partial charge in [0.15, 0.2) is 0 Å². The molecule has 2 N–H and O–H groups in total. The summed E-state index contributed by atoms with van der Waals surface area (Å²) in [5.74, 6) is -0.205. The molecule has 1 saturated heterocycles. The Labute approximate surface area is 89.9 Å². The first-order chi connectivity index (χ1) is 7.18. The lowest BCUT2D eigenvalue weighted by Gasteiger charge is -2.45. The standard InChI is InChI=1S/C12H16N2O/c1-9-7-11(12(13)15)14(9)8-10-5-3-2-4-6-10/h2-6,9,11H,7-8H2,1H3,(H2,13,15)/t9-,11+/m0/s1. The number of primary amides is 1. The van der Waals surface area contributed by atoms with Crippen LogP contribution < -0.4 is 5.73 Å². The molecule has 0 aliphatic carbocycles. The maximum absolute atomic E-state index is 11.1. The first-order valence-corrected chi connectivity index (χ1v) is 5.27. The summed E-state index contributed by atoms with van der Waals surface area (Å²) in [5.41, 5.74) is 6.56. The van der Waals surface area contributed by atoms with Gasteiger partial charge in [-0.3, -0.25) is 9.69 Å². The molecule has 15 heavy (non-hydrogen) atoms. The molecule has 2 atom stereocenters. The Morgan fingerprint density at radius 1 is 1.47 bits per heavy atom. The minimum absolute atomic E-state index is 0.0693. The lowest BCUT2D eigenvalue weighted by atomic mass is 9.93. The average Bonchev–Trinajstić information content (AvgIpc) is 2.23. The maximum atomic E-state index is 11.1. The Morgan fingerprint density at radius 3 is 2.67 bits per heavy atom. The van der Waals surface area contributed by atoms with Crippen LogP contribution in [0, 0.1) is 0 Å². The van der Waals surface area contributed by atoms with Crippen molar-refractivity contribution in [3.63, 3.8) is 0 Å². The van der Waals surface area contributed by atoms with Crippen LogP contribution in [0.3, 0.4) is 0 Å². The molecular formula is C12H16N2O. The van der Waals surface area contributed by atoms with E-state index in [4.69, 9.17) is 5.73 Å². The quantitative estimate of drug-likeness (QED) is 0.802. The van der Waals surface area contributed by atoms with Crippen LogP contribution in [0.15, 0.2) is 30.3 Å². The van der Waals surface area contributed by atoms with E-state index >= 15 is 0 Å². The summed E-state index contributed by atoms with van der Waals surface area (Å²) in [4.78, 5) is 13.3. The van der Waals surface area contributed by atoms with Gasteiger partial charge in [0, 0.05) is 12.6 Å². The first kappa shape index (κ1) is 10.2. The highest BCUT2D eigenvalue weighted by Crippen LogP contribution is 2.27. The molecule has 1 aromatic carbocycles. The largest absolute Gasteiger partial charge is 0.368 e. The number of benzene rings is 1. The number of nitrogens with two attached hydrogens (primary N) is 1. The number of rotatable bonds is 3. The van der Waals surface area contributed by atoms with Crippen LogP contribution in [0.5, 0.6) is 0 Å². The lowest BCUT2D eigenvalue weighted by molar-refractivity contribution is -0.131. The van der Waals surface area contributed by atoms with E-state index in [9.17, 15) is 4.79 Å². The molecule has 1 aliphatic heterocycles. The van der Waals surface area contributed by atoms with Gasteiger partial charge in [0.2, 0.25) is 5.91 Å². The second kappa shape index (κ2) is 4.03. The van der Waals surface area contributed by atoms with Crippen molar-refractivity contribution in [2.45, 2.75) is 32.0 Å². The van der Waals surface area contributed by atoms with Crippen molar-refractivity contribution < 1.29 is 4.79 Å². The molecule has 1 aromatic rings. The van der Waals surface area contributed by atoms with E-state index in [1.165, 1.54) is 5.56 Å². The second-order valence-corrected chi connectivity index (χ2v) is 4.16. The molecule has 3 heteroatoms. The zero-order valence-corrected chi connectivity index (χ0v) is 8.89. The maximum Gasteiger partial charge on any atom is 0.234 e. The predicted molar refractivity (Wildman–Crippen MR) is 59.0 cm³/mol. The minimum Gasteiger partial charge on any atom is -0.368 e. The van der Waals surface area contributed by atoms with Gasteiger partial charge in [0.25, 0.3) is 0 Å². The van der Waals surface area contributed by atoms with E-state index < -0.39 is 0 Å². The normalized spacial score (nSPS) is 25.9. The van der Waals surface area contributed by atoms with E-state index in [0.29, 0.717) is 6.04 Å². The lowest BCUT2D eigenvalue weighted by Crippen LogP contribution is -2.59. The van der Waals surface area contributed by atoms with Crippen LogP contribution in [-0.4, -0.2) is 22.9 Å². The topological polar surface area (TPSA) is 46.3 Å². The van der Waals surface area contributed by atoms with Crippen LogP contribution in [0.25, 0.3) is 0 Å². The fraction of sp³-hybridized carbons (Fsp3) is 0.417. The van der Waals surface area contributed by atoms with Gasteiger partial charge in [0.1, 0.15) is 0 Å². The Hall–Kier alpha value is -1.35. The zero-order chi connectivity index (χ0) is 10.8. The van der Waals surface area contributed by atoms with Crippen molar-refractivity contribution in [1.82, 2.24) is 4.90 Å². The number of hydrogen-bond acceptors (Lipinski definition) is 2. The summed E-state index contributed by atoms with van der Waals surface area (Å²) in [6, 6.07) is 10.6. The van der Waals surface area contributed by atoms with Gasteiger partial charge < -0.3 is 5.73 Å². The van der Waals surface area contributed by atoms with Gasteiger partial charge >= 0.3 is 0 Å². The molecule has 1 aliphatic rings. The van der Waals surface area contributed by atoms with Crippen molar-refractivity contribution in [1.29, 1.82) is 0 Å². The molecule has 1 fully saturated rings. The summed E-state index contributed by atoms with van der Waals surface area (Å²) in [7, 11) is 0. The van der Waals surface area contributed by atoms with E-state index in [0.717, 1.165) is 13.0 Å². The van der Waals surface area contributed by atoms with Gasteiger partial charge in [-0.1, -0.05) is 30.3 Å². The molecular weight excluding hydrogens is 188 g/mol. The van der Waals surface area contributed by atoms with Crippen LogP contribution in [0.4, 0.5) is 0 Å². The predicted octanol–water partition coefficient (Wildman–Crippen LogP) is 1.13. The molecule has 2 rings (SSSR count). The average molecular weight is 204 g/mol. The van der Waals surface area contributed by atoms with E-state index in [1.54, 1.807) is 0 Å². The monoisotopic (exact) mass is 204 g/mol. The summed E-state index contributed by atoms with van der Waals surface area (Å²) in [6.07, 6.45) is 0.891. The van der Waals surface area contributed by atoms with E-state index in [2.05, 4.69) is 24.0 Å². The summed E-state index contributed by atoms with van der Waals surface area (Å²) in [5, 5.41) is 0. The van der Waals surface area contributed by atoms with Crippen molar-refractivity contribution in [2.75, 3.05) is 0 Å². The van der Waals surface area contributed by atoms with Gasteiger partial charge in [-0.2, -0.15) is 0 Å². The van der Waals surface area contributed by atoms with E-state index in [1.807, 2.05) is 18.2 Å². The third-order valence-electron chi connectivity index (χ3n) is 3.07. The number of hydrogen-bond donors (Lipinski definition) is 1. The number of carbonyl (C=O) groups is 1. The van der Waals surface area contributed by atoms with Gasteiger partial charge in [-0.25, -0.2) is 0 Å². The van der Waals surface area contributed by atoms with Crippen molar-refractivity contribution in [2.24, 2.45) is 5.73 Å². The first-order valence-electron chi connectivity index (χ1n) is 5.27. The molecule has 0 bridgehead atoms. The summed E-state index contributed by atoms with van der Waals surface area (Å²) in [6.45, 7) is 2.94. The third-order valence-corrected chi connectivity index (χ3v) is 3.07. The number of amides is 1. The van der Waals surface area contributed by atoms with Crippen LogP contribution in [0.1, 0.15) is 18.9 Å². The fourth-order valence-electron chi connectivity index (χ4n) is 2.10. The molecule has 1 heterocycles. The van der Waals surface area contributed by atoms with Gasteiger partial charge in [-0.15, -0.1) is 0 Å². The molecule has 0 saturated carbocycles. The summed E-state index contributed by atoms with van der Waals surface area (Å²) >= 11 is 0. The summed E-state index contributed by atoms with van der Waals surface area (Å²) < 4.78 is 0. The van der Waals surface area contributed by atoms with Crippen LogP contribution in [0.2, 0.25) is 0 Å². The molecule has 0 radical (unpaired) electrons. The van der Waals surface area contributed by atoms with Gasteiger partial charge in [-0.05, 0) is 18.9 Å². The van der Waals surface area contributed by atoms with Gasteiger partial charge in [0.05, 0.1) is 6.04 Å². The van der Waals surface area contributed by atoms with Crippen molar-refractivity contribution in [3.8, 4) is 0 Å². The molecule has 80 valence electrons. The number of carbonyl (C=O) groups excluding carboxylic acids is 1. The minimum atomic E-state index is -0.205. The molecule has 0 unspecified atom stereocenters. The number of likely N-dealkylation sites (tertiary alicyclic amines) is 1. The SMILES string of the molecule is C[C@H]1C[C@H](C(N)=O)N1Cc1ccccc1. The zero-order valence-electron chi connectivity index (χ0n) is 8.89. The molecule has 0 aromatic heterocycles. The van der Waals surface area contributed by atoms with Crippen LogP contribution >= 0.6 is 0 Å². The van der Waals surface area contributed by atoms with Crippen molar-refractivity contribution >= 4 is 5.91 Å². The Balaban J connectivity index is 2.02. The molecule has 3 nitrogen and oxygen atoms in total. The fourth-order valence-corrected chi connectivity index (χ4v) is 2.10. The van der Waals surface area contributed by atoms with Crippen molar-refractivity contribution in [3.05, 3.63) is 35.9 Å².